The summed E-state index contributed by atoms with van der Waals surface area (Å²) in [4.78, 5) is 117. The first kappa shape index (κ1) is 56.6. The molecular formula is C52H65N13O11. The quantitative estimate of drug-likeness (QED) is 0.0330. The molecule has 24 heteroatoms. The van der Waals surface area contributed by atoms with Crippen LogP contribution in [0.15, 0.2) is 85.3 Å². The third kappa shape index (κ3) is 17.2. The minimum Gasteiger partial charge on any atom is -0.489 e. The summed E-state index contributed by atoms with van der Waals surface area (Å²) in [6.07, 6.45) is 8.10. The second-order valence-corrected chi connectivity index (χ2v) is 18.3. The van der Waals surface area contributed by atoms with Crippen LogP contribution in [-0.2, 0) is 40.1 Å². The molecule has 4 heterocycles. The van der Waals surface area contributed by atoms with Crippen LogP contribution in [0.5, 0.6) is 5.75 Å². The third-order valence-electron chi connectivity index (χ3n) is 12.1. The number of nitrogens with two attached hydrogens (primary N) is 2. The summed E-state index contributed by atoms with van der Waals surface area (Å²) in [5.41, 5.74) is 14.6. The number of nitrogens with zero attached hydrogens (tertiary/aromatic N) is 5. The van der Waals surface area contributed by atoms with E-state index in [9.17, 15) is 38.4 Å². The number of unbranched alkanes of at least 4 members (excludes halogenated alkanes) is 2. The Morgan fingerprint density at radius 2 is 1.54 bits per heavy atom. The van der Waals surface area contributed by atoms with Crippen LogP contribution in [-0.4, -0.2) is 132 Å². The number of nitrogens with one attached hydrogen (secondary N) is 6. The van der Waals surface area contributed by atoms with Gasteiger partial charge in [0.1, 0.15) is 30.5 Å². The summed E-state index contributed by atoms with van der Waals surface area (Å²) in [6.45, 7) is 8.21. The topological polar surface area (TPSA) is 334 Å². The van der Waals surface area contributed by atoms with Crippen LogP contribution in [0.25, 0.3) is 11.3 Å². The number of ether oxygens (including phenoxy) is 3. The number of benzene rings is 2. The van der Waals surface area contributed by atoms with Gasteiger partial charge in [-0.1, -0.05) is 32.4 Å². The second-order valence-electron chi connectivity index (χ2n) is 18.3. The van der Waals surface area contributed by atoms with Crippen molar-refractivity contribution in [3.05, 3.63) is 96.6 Å². The Bertz CT molecular complexity index is 2700. The molecule has 2 aromatic carbocycles. The molecule has 0 aliphatic carbocycles. The highest BCUT2D eigenvalue weighted by Gasteiger charge is 2.29. The minimum absolute atomic E-state index is 0.0329. The third-order valence-corrected chi connectivity index (χ3v) is 12.1. The highest BCUT2D eigenvalue weighted by Crippen LogP contribution is 2.27. The van der Waals surface area contributed by atoms with Crippen LogP contribution < -0.4 is 53.0 Å². The van der Waals surface area contributed by atoms with Crippen molar-refractivity contribution in [2.24, 2.45) is 11.7 Å². The number of primary amides is 1. The molecule has 1 fully saturated rings. The van der Waals surface area contributed by atoms with E-state index >= 15 is 0 Å². The summed E-state index contributed by atoms with van der Waals surface area (Å²) in [5.74, 6) is -2.60. The lowest BCUT2D eigenvalue weighted by Crippen LogP contribution is -2.54. The molecule has 0 saturated carbocycles. The van der Waals surface area contributed by atoms with Crippen molar-refractivity contribution in [2.75, 3.05) is 67.2 Å². The van der Waals surface area contributed by atoms with Gasteiger partial charge in [0.2, 0.25) is 17.7 Å². The zero-order chi connectivity index (χ0) is 54.6. The lowest BCUT2D eigenvalue weighted by atomic mass is 10.0. The molecule has 76 heavy (non-hydrogen) atoms. The van der Waals surface area contributed by atoms with Crippen LogP contribution in [0.1, 0.15) is 75.3 Å². The molecule has 6 rings (SSSR count). The Morgan fingerprint density at radius 1 is 0.816 bits per heavy atom. The summed E-state index contributed by atoms with van der Waals surface area (Å²) < 4.78 is 16.9. The molecule has 9 amide bonds. The number of carbonyl (C=O) groups is 8. The normalized spacial score (nSPS) is 14.3. The maximum absolute atomic E-state index is 13.6. The monoisotopic (exact) mass is 1050 g/mol. The van der Waals surface area contributed by atoms with Crippen LogP contribution in [0.4, 0.5) is 32.5 Å². The lowest BCUT2D eigenvalue weighted by molar-refractivity contribution is -0.137. The van der Waals surface area contributed by atoms with Gasteiger partial charge in [-0.2, -0.15) is 0 Å². The average molecular weight is 1050 g/mol. The number of hydrogen-bond acceptors (Lipinski definition) is 16. The Labute approximate surface area is 439 Å². The number of morpholine rings is 1. The number of rotatable bonds is 26. The van der Waals surface area contributed by atoms with Gasteiger partial charge in [0, 0.05) is 62.2 Å². The van der Waals surface area contributed by atoms with Crippen molar-refractivity contribution in [1.82, 2.24) is 41.1 Å². The summed E-state index contributed by atoms with van der Waals surface area (Å²) in [5, 5.41) is 16.3. The zero-order valence-electron chi connectivity index (χ0n) is 42.7. The van der Waals surface area contributed by atoms with Crippen molar-refractivity contribution < 1.29 is 52.6 Å². The molecule has 0 spiro atoms. The number of imide groups is 1. The molecule has 0 radical (unpaired) electrons. The molecule has 2 unspecified atom stereocenters. The number of alkyl carbamates (subject to hydrolysis) is 1. The molecule has 404 valence electrons. The largest absolute Gasteiger partial charge is 0.489 e. The smallest absolute Gasteiger partial charge is 0.407 e. The van der Waals surface area contributed by atoms with E-state index in [-0.39, 0.29) is 74.2 Å². The van der Waals surface area contributed by atoms with Gasteiger partial charge >= 0.3 is 12.1 Å². The van der Waals surface area contributed by atoms with Crippen LogP contribution in [0.2, 0.25) is 0 Å². The highest BCUT2D eigenvalue weighted by atomic mass is 16.5. The maximum atomic E-state index is 13.6. The summed E-state index contributed by atoms with van der Waals surface area (Å²) >= 11 is 0. The van der Waals surface area contributed by atoms with E-state index in [4.69, 9.17) is 25.7 Å². The number of hydrogen-bond donors (Lipinski definition) is 8. The molecule has 3 atom stereocenters. The van der Waals surface area contributed by atoms with Crippen LogP contribution >= 0.6 is 0 Å². The van der Waals surface area contributed by atoms with Gasteiger partial charge in [-0.25, -0.2) is 19.6 Å². The minimum atomic E-state index is -1.06. The molecule has 2 aliphatic heterocycles. The van der Waals surface area contributed by atoms with E-state index in [1.807, 2.05) is 6.07 Å². The maximum Gasteiger partial charge on any atom is 0.407 e. The summed E-state index contributed by atoms with van der Waals surface area (Å²) in [6, 6.07) is 12.6. The van der Waals surface area contributed by atoms with Gasteiger partial charge in [-0.05, 0) is 86.6 Å². The first-order chi connectivity index (χ1) is 36.5. The Balaban J connectivity index is 0.929. The Hall–Kier alpha value is -8.67. The standard InChI is InChI=1S/C52H65N13O11/c1-32(2)45(63-42(66)9-5-4-6-23-65-43(67)18-19-44(65)68)49(70)61-38(8-7-21-56-51(54)72)48(69)59-36-14-10-34(11-15-36)31-75-52(73)58-28-33(3)76-37-16-12-35(13-17-37)39-30-57-47(53)46(60-39)50(71)62-40-29-55-22-20-41(40)64-24-26-74-27-25-64/h10-20,22,29-30,32-33,38,45H,4-9,21,23-28,31H2,1-3H3,(H2,53,57)(H,58,73)(H,59,69)(H,61,70)(H,62,71)(H,63,66)(H3,54,56,72)/t33?,38-,45?/m0/s1. The molecule has 24 nitrogen and oxygen atoms in total. The SMILES string of the molecule is CC(CNC(=O)OCc1ccc(NC(=O)[C@H](CCCNC(N)=O)NC(=O)C(NC(=O)CCCCCN2C(=O)C=CC2=O)C(C)C)cc1)Oc1ccc(-c2cnc(N)c(C(=O)Nc3cnccc3N3CCOCC3)n2)cc1. The molecular weight excluding hydrogens is 983 g/mol. The van der Waals surface area contributed by atoms with E-state index in [0.29, 0.717) is 85.9 Å². The first-order valence-corrected chi connectivity index (χ1v) is 25.0. The van der Waals surface area contributed by atoms with E-state index in [2.05, 4.69) is 51.8 Å². The predicted molar refractivity (Wildman–Crippen MR) is 280 cm³/mol. The number of nitrogen functional groups attached to an aromatic ring is 1. The van der Waals surface area contributed by atoms with Gasteiger partial charge in [0.25, 0.3) is 17.7 Å². The molecule has 2 aliphatic rings. The number of urea groups is 1. The van der Waals surface area contributed by atoms with Crippen molar-refractivity contribution >= 4 is 70.4 Å². The van der Waals surface area contributed by atoms with Crippen LogP contribution in [0, 0.1) is 5.92 Å². The van der Waals surface area contributed by atoms with Crippen molar-refractivity contribution in [3.8, 4) is 17.0 Å². The average Bonchev–Trinajstić information content (AvgIpc) is 3.73. The fourth-order valence-corrected chi connectivity index (χ4v) is 7.98. The second kappa shape index (κ2) is 28.1. The number of anilines is 4. The number of amides is 9. The van der Waals surface area contributed by atoms with Gasteiger partial charge in [-0.3, -0.25) is 38.7 Å². The summed E-state index contributed by atoms with van der Waals surface area (Å²) in [7, 11) is 0. The molecule has 0 bridgehead atoms. The Kier molecular flexibility index (Phi) is 21.0. The van der Waals surface area contributed by atoms with Gasteiger partial charge in [-0.15, -0.1) is 0 Å². The van der Waals surface area contributed by atoms with E-state index in [1.165, 1.54) is 18.3 Å². The van der Waals surface area contributed by atoms with E-state index < -0.39 is 48.0 Å². The van der Waals surface area contributed by atoms with Gasteiger partial charge < -0.3 is 62.5 Å². The zero-order valence-corrected chi connectivity index (χ0v) is 42.7. The van der Waals surface area contributed by atoms with Crippen molar-refractivity contribution in [3.63, 3.8) is 0 Å². The van der Waals surface area contributed by atoms with Crippen LogP contribution in [0.3, 0.4) is 0 Å². The molecule has 2 aromatic heterocycles. The molecule has 4 aromatic rings. The first-order valence-electron chi connectivity index (χ1n) is 25.0. The van der Waals surface area contributed by atoms with Gasteiger partial charge in [0.15, 0.2) is 11.5 Å². The fraction of sp³-hybridized carbons (Fsp3) is 0.404. The fourth-order valence-electron chi connectivity index (χ4n) is 7.98. The van der Waals surface area contributed by atoms with Crippen molar-refractivity contribution in [2.45, 2.75) is 84.1 Å². The molecule has 1 saturated heterocycles. The molecule has 10 N–H and O–H groups in total. The van der Waals surface area contributed by atoms with E-state index in [0.717, 1.165) is 10.6 Å². The highest BCUT2D eigenvalue weighted by molar-refractivity contribution is 6.13. The number of pyridine rings is 1. The number of carbonyl (C=O) groups excluding carboxylic acids is 8. The Morgan fingerprint density at radius 3 is 2.24 bits per heavy atom. The van der Waals surface area contributed by atoms with E-state index in [1.54, 1.807) is 81.7 Å². The van der Waals surface area contributed by atoms with Crippen molar-refractivity contribution in [1.29, 1.82) is 0 Å². The predicted octanol–water partition coefficient (Wildman–Crippen LogP) is 3.40. The number of aromatic nitrogens is 3. The lowest BCUT2D eigenvalue weighted by Gasteiger charge is -2.30. The van der Waals surface area contributed by atoms with Gasteiger partial charge in [0.05, 0.1) is 49.2 Å².